The van der Waals surface area contributed by atoms with Crippen LogP contribution in [0.25, 0.3) is 0 Å². The third kappa shape index (κ3) is 26.8. The van der Waals surface area contributed by atoms with Crippen molar-refractivity contribution in [2.75, 3.05) is 0 Å². The highest BCUT2D eigenvalue weighted by Gasteiger charge is 2.37. The van der Waals surface area contributed by atoms with Gasteiger partial charge < -0.3 is 13.6 Å². The van der Waals surface area contributed by atoms with Crippen LogP contribution in [0.4, 0.5) is 0 Å². The van der Waals surface area contributed by atoms with E-state index in [1.807, 2.05) is 18.2 Å². The Balaban J connectivity index is 2.18. The maximum Gasteiger partial charge on any atom is 0.647 e. The molecule has 74 heavy (non-hydrogen) atoms. The van der Waals surface area contributed by atoms with Gasteiger partial charge in [-0.15, -0.1) is 37.9 Å². The van der Waals surface area contributed by atoms with Gasteiger partial charge >= 0.3 is 7.82 Å². The Labute approximate surface area is 473 Å². The molecule has 0 fully saturated rings. The van der Waals surface area contributed by atoms with Crippen molar-refractivity contribution in [1.82, 2.24) is 0 Å². The molecule has 0 spiro atoms. The van der Waals surface area contributed by atoms with E-state index < -0.39 is 7.82 Å². The lowest BCUT2D eigenvalue weighted by atomic mass is 9.99. The van der Waals surface area contributed by atoms with Gasteiger partial charge in [0, 0.05) is 31.4 Å². The Morgan fingerprint density at radius 1 is 0.284 bits per heavy atom. The number of thiol groups is 3. The zero-order chi connectivity index (χ0) is 53.5. The summed E-state index contributed by atoms with van der Waals surface area (Å²) in [4.78, 5) is 2.87. The van der Waals surface area contributed by atoms with E-state index in [-0.39, 0.29) is 0 Å². The second-order valence-corrected chi connectivity index (χ2v) is 24.8. The lowest BCUT2D eigenvalue weighted by Gasteiger charge is -2.25. The largest absolute Gasteiger partial charge is 0.647 e. The van der Waals surface area contributed by atoms with Crippen LogP contribution in [0.3, 0.4) is 0 Å². The average molecular weight is 1100 g/mol. The van der Waals surface area contributed by atoms with Crippen LogP contribution in [0.1, 0.15) is 306 Å². The Morgan fingerprint density at radius 2 is 0.473 bits per heavy atom. The van der Waals surface area contributed by atoms with Crippen molar-refractivity contribution < 1.29 is 18.1 Å². The number of hydrogen-bond acceptors (Lipinski definition) is 7. The number of hydrogen-bond donors (Lipinski definition) is 3. The van der Waals surface area contributed by atoms with Gasteiger partial charge in [0.2, 0.25) is 0 Å². The maximum atomic E-state index is 16.3. The molecule has 0 saturated carbocycles. The summed E-state index contributed by atoms with van der Waals surface area (Å²) in [5.41, 5.74) is 6.72. The van der Waals surface area contributed by atoms with Crippen molar-refractivity contribution in [1.29, 1.82) is 0 Å². The zero-order valence-corrected chi connectivity index (χ0v) is 52.2. The normalized spacial score (nSPS) is 11.7. The van der Waals surface area contributed by atoms with Crippen LogP contribution in [0.15, 0.2) is 51.1 Å². The summed E-state index contributed by atoms with van der Waals surface area (Å²) >= 11 is 15.9. The molecule has 0 amide bonds. The highest BCUT2D eigenvalue weighted by Crippen LogP contribution is 2.54. The first-order valence-corrected chi connectivity index (χ1v) is 34.2. The lowest BCUT2D eigenvalue weighted by Crippen LogP contribution is -2.12. The van der Waals surface area contributed by atoms with Crippen molar-refractivity contribution in [2.24, 2.45) is 0 Å². The first-order valence-electron chi connectivity index (χ1n) is 31.4. The SMILES string of the molecule is CCCCCCCCc1ccc(OP(=O)(Oc2ccc(CCCCCCCC)c(S)c2CCCCCCCC)Oc2ccc(CCCCCCCC)c(S)c2CCCCCCCC)c(CCCCCCCC)c1S. The molecule has 0 radical (unpaired) electrons. The molecule has 3 aromatic rings. The Kier molecular flexibility index (Phi) is 38.1. The topological polar surface area (TPSA) is 44.8 Å². The van der Waals surface area contributed by atoms with Crippen LogP contribution in [0.2, 0.25) is 0 Å². The van der Waals surface area contributed by atoms with Crippen molar-refractivity contribution in [3.05, 3.63) is 69.8 Å². The van der Waals surface area contributed by atoms with Crippen molar-refractivity contribution in [2.45, 2.75) is 326 Å². The van der Waals surface area contributed by atoms with Gasteiger partial charge in [-0.2, -0.15) is 4.57 Å². The second kappa shape index (κ2) is 42.3. The summed E-state index contributed by atoms with van der Waals surface area (Å²) in [6.45, 7) is 13.6. The standard InChI is InChI=1S/C66H111O4PS3/c1-7-13-19-25-31-37-43-55-49-52-61(58(64(55)72)46-40-34-28-22-16-10-4)68-71(67,69-62-53-50-56(44-38-32-26-20-14-8-2)65(73)59(62)47-41-35-29-23-17-11-5)70-63-54-51-57(45-39-33-27-21-15-9-3)66(74)60(63)48-42-36-30-24-18-12-6/h49-54,72-74H,7-48H2,1-6H3. The highest BCUT2D eigenvalue weighted by atomic mass is 32.1. The van der Waals surface area contributed by atoms with Crippen LogP contribution >= 0.6 is 45.7 Å². The predicted octanol–water partition coefficient (Wildman–Crippen LogP) is 23.6. The number of rotatable bonds is 48. The maximum absolute atomic E-state index is 16.3. The van der Waals surface area contributed by atoms with Gasteiger partial charge in [-0.3, -0.25) is 0 Å². The summed E-state index contributed by atoms with van der Waals surface area (Å²) in [6, 6.07) is 12.6. The Morgan fingerprint density at radius 3 is 0.689 bits per heavy atom. The quantitative estimate of drug-likeness (QED) is 0.0300. The van der Waals surface area contributed by atoms with Gasteiger partial charge in [0.25, 0.3) is 0 Å². The van der Waals surface area contributed by atoms with Crippen LogP contribution in [-0.4, -0.2) is 0 Å². The molecule has 0 saturated heterocycles. The molecule has 0 aliphatic heterocycles. The molecule has 4 nitrogen and oxygen atoms in total. The van der Waals surface area contributed by atoms with Crippen LogP contribution in [0, 0.1) is 0 Å². The summed E-state index contributed by atoms with van der Waals surface area (Å²) < 4.78 is 37.2. The fourth-order valence-electron chi connectivity index (χ4n) is 10.5. The van der Waals surface area contributed by atoms with Crippen molar-refractivity contribution in [3.63, 3.8) is 0 Å². The minimum atomic E-state index is -4.45. The monoisotopic (exact) mass is 1090 g/mol. The number of aryl methyl sites for hydroxylation is 3. The molecular formula is C66H111O4PS3. The smallest absolute Gasteiger partial charge is 0.386 e. The summed E-state index contributed by atoms with van der Waals surface area (Å²) in [6.07, 6.45) is 48.9. The van der Waals surface area contributed by atoms with Crippen molar-refractivity contribution >= 4 is 45.7 Å². The van der Waals surface area contributed by atoms with Gasteiger partial charge in [0.1, 0.15) is 17.2 Å². The lowest BCUT2D eigenvalue weighted by molar-refractivity contribution is 0.294. The van der Waals surface area contributed by atoms with E-state index in [0.717, 1.165) is 128 Å². The minimum Gasteiger partial charge on any atom is -0.386 e. The van der Waals surface area contributed by atoms with Gasteiger partial charge in [-0.25, -0.2) is 0 Å². The molecule has 0 aliphatic rings. The zero-order valence-electron chi connectivity index (χ0n) is 48.6. The molecule has 0 aromatic heterocycles. The molecule has 0 N–H and O–H groups in total. The Hall–Kier alpha value is -1.66. The average Bonchev–Trinajstić information content (AvgIpc) is 3.39. The number of phosphoric ester groups is 1. The third-order valence-electron chi connectivity index (χ3n) is 15.3. The third-order valence-corrected chi connectivity index (χ3v) is 18.3. The van der Waals surface area contributed by atoms with Gasteiger partial charge in [-0.1, -0.05) is 252 Å². The van der Waals surface area contributed by atoms with E-state index in [2.05, 4.69) is 59.7 Å². The summed E-state index contributed by atoms with van der Waals surface area (Å²) in [7, 11) is -4.45. The van der Waals surface area contributed by atoms with E-state index in [1.54, 1.807) is 0 Å². The van der Waals surface area contributed by atoms with E-state index in [4.69, 9.17) is 51.5 Å². The highest BCUT2D eigenvalue weighted by molar-refractivity contribution is 7.80. The molecule has 422 valence electrons. The molecule has 3 rings (SSSR count). The molecule has 8 heteroatoms. The van der Waals surface area contributed by atoms with Crippen LogP contribution < -0.4 is 13.6 Å². The fraction of sp³-hybridized carbons (Fsp3) is 0.727. The van der Waals surface area contributed by atoms with Gasteiger partial charge in [0.15, 0.2) is 0 Å². The first-order chi connectivity index (χ1) is 36.2. The van der Waals surface area contributed by atoms with E-state index in [0.29, 0.717) is 17.2 Å². The molecule has 0 aliphatic carbocycles. The van der Waals surface area contributed by atoms with E-state index in [9.17, 15) is 0 Å². The molecule has 0 unspecified atom stereocenters. The summed E-state index contributed by atoms with van der Waals surface area (Å²) in [5.74, 6) is 1.64. The van der Waals surface area contributed by atoms with E-state index >= 15 is 4.57 Å². The predicted molar refractivity (Wildman–Crippen MR) is 333 cm³/mol. The fourth-order valence-corrected chi connectivity index (χ4v) is 13.1. The number of unbranched alkanes of at least 4 members (excludes halogenated alkanes) is 30. The molecular weight excluding hydrogens is 984 g/mol. The number of phosphoric acid groups is 1. The molecule has 0 bridgehead atoms. The van der Waals surface area contributed by atoms with Gasteiger partial charge in [-0.05, 0) is 112 Å². The molecule has 0 heterocycles. The molecule has 0 atom stereocenters. The molecule has 3 aromatic carbocycles. The summed E-state index contributed by atoms with van der Waals surface area (Å²) in [5, 5.41) is 0. The first kappa shape index (κ1) is 66.6. The number of benzene rings is 3. The van der Waals surface area contributed by atoms with Crippen LogP contribution in [-0.2, 0) is 43.1 Å². The van der Waals surface area contributed by atoms with Crippen molar-refractivity contribution in [3.8, 4) is 17.2 Å². The van der Waals surface area contributed by atoms with E-state index in [1.165, 1.54) is 190 Å². The minimum absolute atomic E-state index is 0.546. The van der Waals surface area contributed by atoms with Gasteiger partial charge in [0.05, 0.1) is 0 Å². The second-order valence-electron chi connectivity index (χ2n) is 22.0. The van der Waals surface area contributed by atoms with Crippen LogP contribution in [0.5, 0.6) is 17.2 Å². The Bertz CT molecular complexity index is 1730.